The van der Waals surface area contributed by atoms with Crippen molar-refractivity contribution in [3.05, 3.63) is 0 Å². The van der Waals surface area contributed by atoms with Gasteiger partial charge in [-0.1, -0.05) is 27.7 Å². The fraction of sp³-hybridized carbons (Fsp3) is 1.00. The fourth-order valence-electron chi connectivity index (χ4n) is 2.55. The third kappa shape index (κ3) is 3.20. The smallest absolute Gasteiger partial charge is 0.0467 e. The van der Waals surface area contributed by atoms with Gasteiger partial charge in [-0.25, -0.2) is 4.21 Å². The highest BCUT2D eigenvalue weighted by molar-refractivity contribution is 7.93. The first-order chi connectivity index (χ1) is 6.77. The molecule has 0 aromatic rings. The van der Waals surface area contributed by atoms with E-state index in [4.69, 9.17) is 4.78 Å². The number of rotatable bonds is 2. The second-order valence-electron chi connectivity index (χ2n) is 5.85. The van der Waals surface area contributed by atoms with Crippen molar-refractivity contribution in [3.8, 4) is 0 Å². The molecule has 0 saturated heterocycles. The zero-order valence-corrected chi connectivity index (χ0v) is 11.3. The zero-order chi connectivity index (χ0) is 11.7. The van der Waals surface area contributed by atoms with Gasteiger partial charge in [-0.3, -0.25) is 4.78 Å². The minimum absolute atomic E-state index is 0.168. The van der Waals surface area contributed by atoms with Crippen LogP contribution < -0.4 is 0 Å². The summed E-state index contributed by atoms with van der Waals surface area (Å²) < 4.78 is 19.8. The van der Waals surface area contributed by atoms with E-state index in [1.165, 1.54) is 0 Å². The quantitative estimate of drug-likeness (QED) is 0.774. The summed E-state index contributed by atoms with van der Waals surface area (Å²) in [5.41, 5.74) is 0.375. The van der Waals surface area contributed by atoms with Crippen LogP contribution in [0.5, 0.6) is 0 Å². The Kier molecular flexibility index (Phi) is 3.85. The van der Waals surface area contributed by atoms with Crippen molar-refractivity contribution in [1.82, 2.24) is 0 Å². The summed E-state index contributed by atoms with van der Waals surface area (Å²) in [5, 5.41) is 0.168. The van der Waals surface area contributed by atoms with Crippen LogP contribution in [0.15, 0.2) is 0 Å². The van der Waals surface area contributed by atoms with Crippen molar-refractivity contribution >= 4 is 9.73 Å². The molecule has 2 nitrogen and oxygen atoms in total. The van der Waals surface area contributed by atoms with E-state index in [2.05, 4.69) is 20.8 Å². The molecule has 1 fully saturated rings. The Bertz CT molecular complexity index is 292. The Morgan fingerprint density at radius 3 is 2.00 bits per heavy atom. The summed E-state index contributed by atoms with van der Waals surface area (Å²) >= 11 is 0. The van der Waals surface area contributed by atoms with Gasteiger partial charge in [-0.05, 0) is 37.0 Å². The highest BCUT2D eigenvalue weighted by Crippen LogP contribution is 2.39. The third-order valence-corrected chi connectivity index (χ3v) is 6.27. The standard InChI is InChI=1S/C12H25NOS/c1-5-15(13,14)11-8-6-10(7-9-11)12(2,3)4/h10-11,13H,5-9H2,1-4H3. The Morgan fingerprint density at radius 1 is 1.20 bits per heavy atom. The minimum Gasteiger partial charge on any atom is -0.253 e. The molecule has 0 bridgehead atoms. The maximum atomic E-state index is 11.9. The van der Waals surface area contributed by atoms with Crippen LogP contribution in [0, 0.1) is 16.1 Å². The van der Waals surface area contributed by atoms with Crippen LogP contribution in [0.4, 0.5) is 0 Å². The van der Waals surface area contributed by atoms with Gasteiger partial charge in [0.05, 0.1) is 0 Å². The fourth-order valence-corrected chi connectivity index (χ4v) is 4.05. The average Bonchev–Trinajstić information content (AvgIpc) is 2.17. The van der Waals surface area contributed by atoms with E-state index < -0.39 is 9.73 Å². The molecule has 15 heavy (non-hydrogen) atoms. The van der Waals surface area contributed by atoms with Crippen LogP contribution in [-0.4, -0.2) is 15.2 Å². The van der Waals surface area contributed by atoms with E-state index in [0.29, 0.717) is 11.2 Å². The van der Waals surface area contributed by atoms with Crippen LogP contribution in [0.1, 0.15) is 53.4 Å². The van der Waals surface area contributed by atoms with Gasteiger partial charge < -0.3 is 0 Å². The summed E-state index contributed by atoms with van der Waals surface area (Å²) in [6, 6.07) is 0. The van der Waals surface area contributed by atoms with Gasteiger partial charge in [-0.2, -0.15) is 0 Å². The van der Waals surface area contributed by atoms with Gasteiger partial charge >= 0.3 is 0 Å². The van der Waals surface area contributed by atoms with Crippen molar-refractivity contribution < 1.29 is 4.21 Å². The van der Waals surface area contributed by atoms with Crippen LogP contribution in [-0.2, 0) is 9.73 Å². The summed E-state index contributed by atoms with van der Waals surface area (Å²) in [6.45, 7) is 8.74. The van der Waals surface area contributed by atoms with Gasteiger partial charge in [0.15, 0.2) is 0 Å². The van der Waals surface area contributed by atoms with Crippen molar-refractivity contribution in [2.24, 2.45) is 11.3 Å². The SMILES string of the molecule is CCS(=N)(=O)C1CCC(C(C)(C)C)CC1. The highest BCUT2D eigenvalue weighted by Gasteiger charge is 2.32. The van der Waals surface area contributed by atoms with E-state index in [1.54, 1.807) is 0 Å². The van der Waals surface area contributed by atoms with E-state index in [-0.39, 0.29) is 5.25 Å². The van der Waals surface area contributed by atoms with Gasteiger partial charge in [0, 0.05) is 20.7 Å². The van der Waals surface area contributed by atoms with Gasteiger partial charge in [0.25, 0.3) is 0 Å². The predicted molar refractivity (Wildman–Crippen MR) is 66.6 cm³/mol. The lowest BCUT2D eigenvalue weighted by molar-refractivity contribution is 0.181. The topological polar surface area (TPSA) is 40.9 Å². The molecule has 1 N–H and O–H groups in total. The van der Waals surface area contributed by atoms with Crippen LogP contribution in [0.3, 0.4) is 0 Å². The molecule has 1 atom stereocenters. The molecule has 3 heteroatoms. The Labute approximate surface area is 94.8 Å². The molecular weight excluding hydrogens is 206 g/mol. The van der Waals surface area contributed by atoms with Crippen LogP contribution in [0.2, 0.25) is 0 Å². The predicted octanol–water partition coefficient (Wildman–Crippen LogP) is 3.66. The molecule has 1 saturated carbocycles. The van der Waals surface area contributed by atoms with E-state index in [0.717, 1.165) is 31.6 Å². The number of hydrogen-bond donors (Lipinski definition) is 1. The summed E-state index contributed by atoms with van der Waals surface area (Å²) in [6.07, 6.45) is 4.31. The first-order valence-electron chi connectivity index (χ1n) is 6.02. The van der Waals surface area contributed by atoms with Crippen LogP contribution >= 0.6 is 0 Å². The molecular formula is C12H25NOS. The molecule has 1 aliphatic rings. The summed E-state index contributed by atoms with van der Waals surface area (Å²) in [4.78, 5) is 0. The second-order valence-corrected chi connectivity index (χ2v) is 8.55. The molecule has 1 aliphatic carbocycles. The molecule has 0 aromatic carbocycles. The normalized spacial score (nSPS) is 32.3. The van der Waals surface area contributed by atoms with Crippen LogP contribution in [0.25, 0.3) is 0 Å². The third-order valence-electron chi connectivity index (χ3n) is 3.87. The first-order valence-corrected chi connectivity index (χ1v) is 7.81. The molecule has 0 amide bonds. The van der Waals surface area contributed by atoms with Crippen molar-refractivity contribution in [2.75, 3.05) is 5.75 Å². The molecule has 0 aromatic heterocycles. The minimum atomic E-state index is -2.29. The number of nitrogens with one attached hydrogen (secondary N) is 1. The first kappa shape index (κ1) is 13.0. The van der Waals surface area contributed by atoms with Gasteiger partial charge in [0.1, 0.15) is 0 Å². The van der Waals surface area contributed by atoms with E-state index >= 15 is 0 Å². The molecule has 0 heterocycles. The molecule has 1 rings (SSSR count). The summed E-state index contributed by atoms with van der Waals surface area (Å²) in [7, 11) is -2.29. The second kappa shape index (κ2) is 4.44. The lowest BCUT2D eigenvalue weighted by Crippen LogP contribution is -2.32. The zero-order valence-electron chi connectivity index (χ0n) is 10.5. The van der Waals surface area contributed by atoms with E-state index in [1.807, 2.05) is 6.92 Å². The van der Waals surface area contributed by atoms with Crippen molar-refractivity contribution in [1.29, 1.82) is 4.78 Å². The highest BCUT2D eigenvalue weighted by atomic mass is 32.2. The monoisotopic (exact) mass is 231 g/mol. The lowest BCUT2D eigenvalue weighted by Gasteiger charge is -2.37. The van der Waals surface area contributed by atoms with Gasteiger partial charge in [0.2, 0.25) is 0 Å². The molecule has 90 valence electrons. The van der Waals surface area contributed by atoms with Crippen molar-refractivity contribution in [2.45, 2.75) is 58.6 Å². The Hall–Kier alpha value is -0.0500. The molecule has 1 unspecified atom stereocenters. The maximum absolute atomic E-state index is 11.9. The lowest BCUT2D eigenvalue weighted by atomic mass is 9.72. The maximum Gasteiger partial charge on any atom is 0.0467 e. The molecule has 0 spiro atoms. The Balaban J connectivity index is 2.57. The Morgan fingerprint density at radius 2 is 1.67 bits per heavy atom. The molecule has 0 radical (unpaired) electrons. The van der Waals surface area contributed by atoms with E-state index in [9.17, 15) is 4.21 Å². The van der Waals surface area contributed by atoms with Gasteiger partial charge in [-0.15, -0.1) is 0 Å². The van der Waals surface area contributed by atoms with Crippen molar-refractivity contribution in [3.63, 3.8) is 0 Å². The molecule has 0 aliphatic heterocycles. The summed E-state index contributed by atoms with van der Waals surface area (Å²) in [5.74, 6) is 1.28. The average molecular weight is 231 g/mol. The number of hydrogen-bond acceptors (Lipinski definition) is 2. The largest absolute Gasteiger partial charge is 0.253 e.